The van der Waals surface area contributed by atoms with E-state index in [2.05, 4.69) is 0 Å². The second-order valence-corrected chi connectivity index (χ2v) is 9.24. The second-order valence-electron chi connectivity index (χ2n) is 9.24. The molecule has 2 bridgehead atoms. The summed E-state index contributed by atoms with van der Waals surface area (Å²) in [5.74, 6) is -0.464. The average molecular weight is 483 g/mol. The van der Waals surface area contributed by atoms with Gasteiger partial charge in [-0.2, -0.15) is 5.06 Å². The summed E-state index contributed by atoms with van der Waals surface area (Å²) in [6.07, 6.45) is -0.178. The highest BCUT2D eigenvalue weighted by Crippen LogP contribution is 2.45. The number of hydroxylamine groups is 2. The molecule has 3 atom stereocenters. The normalized spacial score (nSPS) is 24.4. The van der Waals surface area contributed by atoms with Crippen molar-refractivity contribution in [2.24, 2.45) is 0 Å². The number of urea groups is 1. The van der Waals surface area contributed by atoms with Gasteiger partial charge in [-0.05, 0) is 49.6 Å². The van der Waals surface area contributed by atoms with Gasteiger partial charge in [0.1, 0.15) is 31.1 Å². The Balaban J connectivity index is 1.39. The average Bonchev–Trinajstić information content (AvgIpc) is 3.34. The third-order valence-corrected chi connectivity index (χ3v) is 6.34. The van der Waals surface area contributed by atoms with E-state index in [4.69, 9.17) is 23.8 Å². The zero-order valence-corrected chi connectivity index (χ0v) is 20.1. The molecule has 9 heteroatoms. The standard InChI is InChI=1S/C26H30N2O7/c1-4-31-24(29)23-20-11-10-18(32-15-19-16-33-26(2,3)35-19)12-21(20)22-13-27(23)25(30)28(22)34-14-17-8-6-5-7-9-17/h5-12,19,22-23H,4,13-16H2,1-3H3/t19?,22-,23-/m1/s1. The molecule has 5 rings (SSSR count). The van der Waals surface area contributed by atoms with Crippen LogP contribution in [0.1, 0.15) is 49.5 Å². The predicted octanol–water partition coefficient (Wildman–Crippen LogP) is 3.75. The lowest BCUT2D eigenvalue weighted by molar-refractivity contribution is -0.149. The number of fused-ring (bicyclic) bond motifs is 4. The van der Waals surface area contributed by atoms with Crippen molar-refractivity contribution in [3.63, 3.8) is 0 Å². The van der Waals surface area contributed by atoms with Gasteiger partial charge in [-0.1, -0.05) is 36.4 Å². The topological polar surface area (TPSA) is 86.8 Å². The van der Waals surface area contributed by atoms with E-state index in [1.165, 1.54) is 9.96 Å². The monoisotopic (exact) mass is 482 g/mol. The van der Waals surface area contributed by atoms with E-state index in [0.717, 1.165) is 11.1 Å². The third kappa shape index (κ3) is 4.71. The number of hydrogen-bond acceptors (Lipinski definition) is 7. The molecular formula is C26H30N2O7. The Labute approximate surface area is 204 Å². The fourth-order valence-electron chi connectivity index (χ4n) is 4.76. The molecule has 1 unspecified atom stereocenters. The summed E-state index contributed by atoms with van der Waals surface area (Å²) in [7, 11) is 0. The predicted molar refractivity (Wildman–Crippen MR) is 124 cm³/mol. The third-order valence-electron chi connectivity index (χ3n) is 6.34. The van der Waals surface area contributed by atoms with Crippen LogP contribution < -0.4 is 4.74 Å². The quantitative estimate of drug-likeness (QED) is 0.530. The molecule has 9 nitrogen and oxygen atoms in total. The van der Waals surface area contributed by atoms with Crippen molar-refractivity contribution in [3.8, 4) is 5.75 Å². The molecule has 0 saturated carbocycles. The zero-order valence-electron chi connectivity index (χ0n) is 20.1. The molecule has 0 aromatic heterocycles. The molecule has 186 valence electrons. The fraction of sp³-hybridized carbons (Fsp3) is 0.462. The van der Waals surface area contributed by atoms with Gasteiger partial charge in [0.15, 0.2) is 11.8 Å². The molecule has 2 saturated heterocycles. The van der Waals surface area contributed by atoms with Crippen LogP contribution in [0, 0.1) is 0 Å². The van der Waals surface area contributed by atoms with Gasteiger partial charge in [0, 0.05) is 0 Å². The molecule has 2 fully saturated rings. The van der Waals surface area contributed by atoms with Crippen molar-refractivity contribution in [1.29, 1.82) is 0 Å². The SMILES string of the molecule is CCOC(=O)[C@H]1c2ccc(OCC3COC(C)(C)O3)cc2[C@H]2CN1C(=O)N2OCc1ccccc1. The molecule has 3 aliphatic rings. The van der Waals surface area contributed by atoms with E-state index in [0.29, 0.717) is 31.1 Å². The van der Waals surface area contributed by atoms with Gasteiger partial charge in [-0.3, -0.25) is 4.84 Å². The highest BCUT2D eigenvalue weighted by molar-refractivity contribution is 5.88. The number of rotatable bonds is 8. The summed E-state index contributed by atoms with van der Waals surface area (Å²) >= 11 is 0. The maximum atomic E-state index is 13.3. The first-order chi connectivity index (χ1) is 16.9. The summed E-state index contributed by atoms with van der Waals surface area (Å²) in [5, 5.41) is 1.37. The fourth-order valence-corrected chi connectivity index (χ4v) is 4.76. The minimum atomic E-state index is -0.833. The van der Waals surface area contributed by atoms with Crippen molar-refractivity contribution < 1.29 is 33.4 Å². The number of esters is 1. The van der Waals surface area contributed by atoms with Gasteiger partial charge in [0.05, 0.1) is 19.8 Å². The molecule has 35 heavy (non-hydrogen) atoms. The second kappa shape index (κ2) is 9.49. The van der Waals surface area contributed by atoms with Crippen LogP contribution in [0.3, 0.4) is 0 Å². The van der Waals surface area contributed by atoms with Crippen LogP contribution in [-0.2, 0) is 30.4 Å². The molecular weight excluding hydrogens is 452 g/mol. The first-order valence-corrected chi connectivity index (χ1v) is 11.9. The first-order valence-electron chi connectivity index (χ1n) is 11.9. The zero-order chi connectivity index (χ0) is 24.6. The maximum Gasteiger partial charge on any atom is 0.345 e. The Bertz CT molecular complexity index is 1090. The lowest BCUT2D eigenvalue weighted by atomic mass is 9.91. The van der Waals surface area contributed by atoms with E-state index < -0.39 is 17.8 Å². The summed E-state index contributed by atoms with van der Waals surface area (Å²) < 4.78 is 22.8. The van der Waals surface area contributed by atoms with Crippen LogP contribution in [0.4, 0.5) is 4.79 Å². The van der Waals surface area contributed by atoms with Gasteiger partial charge >= 0.3 is 12.0 Å². The molecule has 0 radical (unpaired) electrons. The lowest BCUT2D eigenvalue weighted by Gasteiger charge is -2.31. The van der Waals surface area contributed by atoms with Gasteiger partial charge in [0.2, 0.25) is 0 Å². The van der Waals surface area contributed by atoms with Gasteiger partial charge in [-0.15, -0.1) is 0 Å². The van der Waals surface area contributed by atoms with Gasteiger partial charge < -0.3 is 23.8 Å². The van der Waals surface area contributed by atoms with E-state index in [9.17, 15) is 9.59 Å². The highest BCUT2D eigenvalue weighted by atomic mass is 16.7. The van der Waals surface area contributed by atoms with Gasteiger partial charge in [-0.25, -0.2) is 9.59 Å². The number of hydrogen-bond donors (Lipinski definition) is 0. The molecule has 2 aromatic carbocycles. The molecule has 3 heterocycles. The summed E-state index contributed by atoms with van der Waals surface area (Å²) in [4.78, 5) is 33.7. The van der Waals surface area contributed by atoms with E-state index in [1.54, 1.807) is 13.0 Å². The van der Waals surface area contributed by atoms with Crippen molar-refractivity contribution in [2.45, 2.75) is 51.4 Å². The Morgan fingerprint density at radius 2 is 1.94 bits per heavy atom. The summed E-state index contributed by atoms with van der Waals surface area (Å²) in [6, 6.07) is 13.6. The van der Waals surface area contributed by atoms with Crippen LogP contribution in [0.15, 0.2) is 48.5 Å². The van der Waals surface area contributed by atoms with Crippen molar-refractivity contribution in [2.75, 3.05) is 26.4 Å². The number of carbonyl (C=O) groups excluding carboxylic acids is 2. The molecule has 2 amide bonds. The number of benzene rings is 2. The number of nitrogens with zero attached hydrogens (tertiary/aromatic N) is 2. The minimum absolute atomic E-state index is 0.178. The Morgan fingerprint density at radius 1 is 1.14 bits per heavy atom. The van der Waals surface area contributed by atoms with Crippen LogP contribution in [0.25, 0.3) is 0 Å². The van der Waals surface area contributed by atoms with E-state index in [1.807, 2.05) is 56.3 Å². The minimum Gasteiger partial charge on any atom is -0.491 e. The first kappa shape index (κ1) is 23.6. The molecule has 2 aromatic rings. The molecule has 3 aliphatic heterocycles. The summed E-state index contributed by atoms with van der Waals surface area (Å²) in [5.41, 5.74) is 2.46. The van der Waals surface area contributed by atoms with Crippen molar-refractivity contribution in [3.05, 3.63) is 65.2 Å². The Hall–Kier alpha value is -3.14. The lowest BCUT2D eigenvalue weighted by Crippen LogP contribution is -2.39. The number of ether oxygens (including phenoxy) is 4. The number of carbonyl (C=O) groups is 2. The van der Waals surface area contributed by atoms with Crippen LogP contribution >= 0.6 is 0 Å². The largest absolute Gasteiger partial charge is 0.491 e. The van der Waals surface area contributed by atoms with E-state index in [-0.39, 0.29) is 31.4 Å². The molecule has 0 aliphatic carbocycles. The summed E-state index contributed by atoms with van der Waals surface area (Å²) in [6.45, 7) is 7.05. The van der Waals surface area contributed by atoms with Crippen LogP contribution in [0.5, 0.6) is 5.75 Å². The van der Waals surface area contributed by atoms with Crippen LogP contribution in [-0.4, -0.2) is 60.2 Å². The number of amides is 2. The van der Waals surface area contributed by atoms with Crippen molar-refractivity contribution >= 4 is 12.0 Å². The highest BCUT2D eigenvalue weighted by Gasteiger charge is 2.51. The Morgan fingerprint density at radius 3 is 2.66 bits per heavy atom. The van der Waals surface area contributed by atoms with Crippen LogP contribution in [0.2, 0.25) is 0 Å². The smallest absolute Gasteiger partial charge is 0.345 e. The van der Waals surface area contributed by atoms with Gasteiger partial charge in [0.25, 0.3) is 0 Å². The maximum absolute atomic E-state index is 13.3. The Kier molecular flexibility index (Phi) is 6.39. The van der Waals surface area contributed by atoms with E-state index >= 15 is 0 Å². The molecule has 0 spiro atoms. The molecule has 0 N–H and O–H groups in total. The van der Waals surface area contributed by atoms with Crippen molar-refractivity contribution in [1.82, 2.24) is 9.96 Å².